The maximum absolute atomic E-state index is 13.0. The van der Waals surface area contributed by atoms with Crippen LogP contribution in [0.2, 0.25) is 0 Å². The van der Waals surface area contributed by atoms with Gasteiger partial charge in [-0.1, -0.05) is 0 Å². The average Bonchev–Trinajstić information content (AvgIpc) is 2.61. The Morgan fingerprint density at radius 1 is 1.52 bits per heavy atom. The van der Waals surface area contributed by atoms with Gasteiger partial charge in [0, 0.05) is 30.8 Å². The lowest BCUT2D eigenvalue weighted by atomic mass is 9.73. The van der Waals surface area contributed by atoms with E-state index in [9.17, 15) is 9.18 Å². The van der Waals surface area contributed by atoms with Crippen molar-refractivity contribution in [1.29, 1.82) is 0 Å². The van der Waals surface area contributed by atoms with Crippen LogP contribution in [-0.4, -0.2) is 54.3 Å². The Morgan fingerprint density at radius 2 is 2.36 bits per heavy atom. The van der Waals surface area contributed by atoms with E-state index in [2.05, 4.69) is 4.98 Å². The number of hydrogen-bond acceptors (Lipinski definition) is 4. The van der Waals surface area contributed by atoms with E-state index in [0.29, 0.717) is 25.4 Å². The van der Waals surface area contributed by atoms with Gasteiger partial charge in [-0.3, -0.25) is 9.78 Å². The Bertz CT molecular complexity index is 593. The lowest BCUT2D eigenvalue weighted by Crippen LogP contribution is -2.58. The third-order valence-corrected chi connectivity index (χ3v) is 5.17. The van der Waals surface area contributed by atoms with Gasteiger partial charge in [0.05, 0.1) is 31.4 Å². The zero-order valence-corrected chi connectivity index (χ0v) is 15.0. The summed E-state index contributed by atoms with van der Waals surface area (Å²) in [7, 11) is 0. The van der Waals surface area contributed by atoms with Crippen molar-refractivity contribution in [2.24, 2.45) is 5.41 Å². The van der Waals surface area contributed by atoms with Crippen LogP contribution in [0.3, 0.4) is 0 Å². The normalized spacial score (nSPS) is 26.6. The Labute approximate surface area is 148 Å². The molecule has 5 nitrogen and oxygen atoms in total. The topological polar surface area (TPSA) is 51.7 Å². The fourth-order valence-corrected chi connectivity index (χ4v) is 3.82. The SMILES string of the molecule is CC(C)OC[C@@]12CCCO[C@H]1CCN(C(=O)Cc1ccc(F)cn1)C2. The molecule has 138 valence electrons. The first-order valence-corrected chi connectivity index (χ1v) is 9.10. The van der Waals surface area contributed by atoms with E-state index in [4.69, 9.17) is 9.47 Å². The van der Waals surface area contributed by atoms with Crippen molar-refractivity contribution in [2.45, 2.75) is 51.7 Å². The van der Waals surface area contributed by atoms with Crippen LogP contribution in [0.25, 0.3) is 0 Å². The van der Waals surface area contributed by atoms with Gasteiger partial charge in [-0.05, 0) is 45.2 Å². The Kier molecular flexibility index (Phi) is 5.69. The molecule has 25 heavy (non-hydrogen) atoms. The smallest absolute Gasteiger partial charge is 0.228 e. The summed E-state index contributed by atoms with van der Waals surface area (Å²) in [5, 5.41) is 0. The van der Waals surface area contributed by atoms with Gasteiger partial charge in [-0.15, -0.1) is 0 Å². The van der Waals surface area contributed by atoms with Gasteiger partial charge in [0.25, 0.3) is 0 Å². The molecule has 0 aliphatic carbocycles. The number of ether oxygens (including phenoxy) is 2. The number of amides is 1. The predicted molar refractivity (Wildman–Crippen MR) is 91.6 cm³/mol. The van der Waals surface area contributed by atoms with Crippen molar-refractivity contribution in [2.75, 3.05) is 26.3 Å². The highest BCUT2D eigenvalue weighted by molar-refractivity contribution is 5.78. The fraction of sp³-hybridized carbons (Fsp3) is 0.684. The average molecular weight is 350 g/mol. The quantitative estimate of drug-likeness (QED) is 0.819. The van der Waals surface area contributed by atoms with E-state index >= 15 is 0 Å². The van der Waals surface area contributed by atoms with Gasteiger partial charge < -0.3 is 14.4 Å². The zero-order chi connectivity index (χ0) is 17.9. The number of halogens is 1. The molecule has 0 radical (unpaired) electrons. The molecular formula is C19H27FN2O3. The molecule has 2 aliphatic rings. The summed E-state index contributed by atoms with van der Waals surface area (Å²) in [5.41, 5.74) is 0.480. The molecule has 2 saturated heterocycles. The molecule has 1 aromatic rings. The van der Waals surface area contributed by atoms with E-state index in [1.54, 1.807) is 6.07 Å². The number of carbonyl (C=O) groups is 1. The molecule has 2 atom stereocenters. The minimum Gasteiger partial charge on any atom is -0.378 e. The van der Waals surface area contributed by atoms with Gasteiger partial charge in [0.1, 0.15) is 5.82 Å². The number of rotatable bonds is 5. The number of pyridine rings is 1. The summed E-state index contributed by atoms with van der Waals surface area (Å²) in [5.74, 6) is -0.354. The van der Waals surface area contributed by atoms with E-state index in [0.717, 1.165) is 32.1 Å². The summed E-state index contributed by atoms with van der Waals surface area (Å²) < 4.78 is 24.9. The van der Waals surface area contributed by atoms with Gasteiger partial charge in [0.15, 0.2) is 0 Å². The van der Waals surface area contributed by atoms with Gasteiger partial charge in [-0.25, -0.2) is 4.39 Å². The molecule has 0 spiro atoms. The molecule has 0 N–H and O–H groups in total. The molecule has 1 aromatic heterocycles. The van der Waals surface area contributed by atoms with Crippen molar-refractivity contribution < 1.29 is 18.7 Å². The van der Waals surface area contributed by atoms with E-state index in [-0.39, 0.29) is 35.8 Å². The minimum absolute atomic E-state index is 0.0343. The van der Waals surface area contributed by atoms with Crippen LogP contribution in [0.15, 0.2) is 18.3 Å². The first-order valence-electron chi connectivity index (χ1n) is 9.10. The van der Waals surface area contributed by atoms with Crippen LogP contribution in [0.5, 0.6) is 0 Å². The third-order valence-electron chi connectivity index (χ3n) is 5.17. The van der Waals surface area contributed by atoms with Crippen LogP contribution in [-0.2, 0) is 20.7 Å². The molecule has 3 heterocycles. The number of piperidine rings is 1. The molecule has 3 rings (SSSR count). The first kappa shape index (κ1) is 18.3. The molecule has 0 saturated carbocycles. The highest BCUT2D eigenvalue weighted by Gasteiger charge is 2.47. The van der Waals surface area contributed by atoms with Crippen LogP contribution < -0.4 is 0 Å². The Balaban J connectivity index is 1.68. The molecular weight excluding hydrogens is 323 g/mol. The number of nitrogens with zero attached hydrogens (tertiary/aromatic N) is 2. The largest absolute Gasteiger partial charge is 0.378 e. The van der Waals surface area contributed by atoms with Crippen LogP contribution >= 0.6 is 0 Å². The third kappa shape index (κ3) is 4.36. The summed E-state index contributed by atoms with van der Waals surface area (Å²) in [6.07, 6.45) is 4.53. The molecule has 1 amide bonds. The second kappa shape index (κ2) is 7.79. The van der Waals surface area contributed by atoms with Gasteiger partial charge in [-0.2, -0.15) is 0 Å². The molecule has 2 fully saturated rings. The highest BCUT2D eigenvalue weighted by Crippen LogP contribution is 2.40. The Hall–Kier alpha value is -1.53. The van der Waals surface area contributed by atoms with Crippen LogP contribution in [0, 0.1) is 11.2 Å². The monoisotopic (exact) mass is 350 g/mol. The van der Waals surface area contributed by atoms with Gasteiger partial charge in [0.2, 0.25) is 5.91 Å². The zero-order valence-electron chi connectivity index (χ0n) is 15.0. The lowest BCUT2D eigenvalue weighted by Gasteiger charge is -2.50. The summed E-state index contributed by atoms with van der Waals surface area (Å²) in [4.78, 5) is 18.6. The molecule has 0 aromatic carbocycles. The van der Waals surface area contributed by atoms with Crippen molar-refractivity contribution in [3.05, 3.63) is 29.8 Å². The summed E-state index contributed by atoms with van der Waals surface area (Å²) in [6, 6.07) is 2.91. The van der Waals surface area contributed by atoms with Crippen LogP contribution in [0.4, 0.5) is 4.39 Å². The van der Waals surface area contributed by atoms with E-state index < -0.39 is 0 Å². The number of fused-ring (bicyclic) bond motifs is 1. The van der Waals surface area contributed by atoms with E-state index in [1.807, 2.05) is 18.7 Å². The second-order valence-electron chi connectivity index (χ2n) is 7.43. The van der Waals surface area contributed by atoms with E-state index in [1.165, 1.54) is 6.07 Å². The summed E-state index contributed by atoms with van der Waals surface area (Å²) >= 11 is 0. The first-order chi connectivity index (χ1) is 12.0. The number of carbonyl (C=O) groups excluding carboxylic acids is 1. The maximum Gasteiger partial charge on any atom is 0.228 e. The van der Waals surface area contributed by atoms with Crippen LogP contribution in [0.1, 0.15) is 38.8 Å². The van der Waals surface area contributed by atoms with Crippen molar-refractivity contribution >= 4 is 5.91 Å². The number of aromatic nitrogens is 1. The lowest BCUT2D eigenvalue weighted by molar-refractivity contribution is -0.168. The summed E-state index contributed by atoms with van der Waals surface area (Å²) in [6.45, 7) is 6.82. The minimum atomic E-state index is -0.388. The predicted octanol–water partition coefficient (Wildman–Crippen LogP) is 2.59. The number of likely N-dealkylation sites (tertiary alicyclic amines) is 1. The Morgan fingerprint density at radius 3 is 3.08 bits per heavy atom. The van der Waals surface area contributed by atoms with Crippen molar-refractivity contribution in [1.82, 2.24) is 9.88 Å². The number of hydrogen-bond donors (Lipinski definition) is 0. The molecule has 6 heteroatoms. The highest BCUT2D eigenvalue weighted by atomic mass is 19.1. The molecule has 0 bridgehead atoms. The molecule has 0 unspecified atom stereocenters. The van der Waals surface area contributed by atoms with Gasteiger partial charge >= 0.3 is 0 Å². The molecule has 2 aliphatic heterocycles. The standard InChI is InChI=1S/C19H27FN2O3/c1-14(2)25-13-19-7-3-9-24-17(19)6-8-22(12-19)18(23)10-16-5-4-15(20)11-21-16/h4-5,11,14,17H,3,6-10,12-13H2,1-2H3/t17-,19-/m0/s1. The maximum atomic E-state index is 13.0. The second-order valence-corrected chi connectivity index (χ2v) is 7.43. The fourth-order valence-electron chi connectivity index (χ4n) is 3.82. The van der Waals surface area contributed by atoms with Crippen molar-refractivity contribution in [3.63, 3.8) is 0 Å². The van der Waals surface area contributed by atoms with Crippen molar-refractivity contribution in [3.8, 4) is 0 Å².